The molecule has 2 heterocycles. The Hall–Kier alpha value is -3.67. The molecule has 0 bridgehead atoms. The lowest BCUT2D eigenvalue weighted by atomic mass is 10.0. The first-order valence-corrected chi connectivity index (χ1v) is 9.37. The van der Waals surface area contributed by atoms with Crippen LogP contribution in [0.15, 0.2) is 62.5 Å². The highest BCUT2D eigenvalue weighted by Gasteiger charge is 2.14. The molecule has 6 heteroatoms. The molecular weight excluding hydrogens is 368 g/mol. The summed E-state index contributed by atoms with van der Waals surface area (Å²) < 4.78 is 5.20. The van der Waals surface area contributed by atoms with Gasteiger partial charge in [-0.3, -0.25) is 9.59 Å². The van der Waals surface area contributed by atoms with Crippen molar-refractivity contribution in [2.24, 2.45) is 0 Å². The number of carbonyl (C=O) groups is 1. The summed E-state index contributed by atoms with van der Waals surface area (Å²) in [5.41, 5.74) is 3.08. The van der Waals surface area contributed by atoms with Crippen molar-refractivity contribution in [3.8, 4) is 0 Å². The maximum Gasteiger partial charge on any atom is 0.349 e. The zero-order valence-corrected chi connectivity index (χ0v) is 16.2. The van der Waals surface area contributed by atoms with Crippen LogP contribution in [0, 0.1) is 13.8 Å². The molecule has 0 saturated heterocycles. The fraction of sp³-hybridized carbons (Fsp3) is 0.174. The van der Waals surface area contributed by atoms with Crippen molar-refractivity contribution >= 4 is 27.8 Å². The van der Waals surface area contributed by atoms with Crippen LogP contribution >= 0.6 is 0 Å². The molecule has 4 aromatic rings. The van der Waals surface area contributed by atoms with Gasteiger partial charge in [-0.05, 0) is 55.0 Å². The minimum atomic E-state index is -0.685. The Morgan fingerprint density at radius 1 is 1.03 bits per heavy atom. The predicted molar refractivity (Wildman–Crippen MR) is 113 cm³/mol. The molecule has 0 spiro atoms. The lowest BCUT2D eigenvalue weighted by molar-refractivity contribution is 0.0950. The van der Waals surface area contributed by atoms with Crippen LogP contribution < -0.4 is 16.5 Å². The first-order valence-electron chi connectivity index (χ1n) is 9.37. The Kier molecular flexibility index (Phi) is 4.76. The highest BCUT2D eigenvalue weighted by Crippen LogP contribution is 2.19. The molecule has 2 aromatic heterocycles. The molecule has 2 N–H and O–H groups in total. The van der Waals surface area contributed by atoms with E-state index in [1.807, 2.05) is 32.0 Å². The van der Waals surface area contributed by atoms with Crippen molar-refractivity contribution in [2.45, 2.75) is 20.3 Å². The van der Waals surface area contributed by atoms with E-state index in [2.05, 4.69) is 10.3 Å². The van der Waals surface area contributed by atoms with Gasteiger partial charge in [0.15, 0.2) is 0 Å². The van der Waals surface area contributed by atoms with Crippen LogP contribution in [0.25, 0.3) is 21.9 Å². The number of amides is 1. The molecule has 0 saturated carbocycles. The van der Waals surface area contributed by atoms with Crippen LogP contribution in [0.5, 0.6) is 0 Å². The number of para-hydroxylation sites is 1. The van der Waals surface area contributed by atoms with Gasteiger partial charge in [-0.2, -0.15) is 0 Å². The summed E-state index contributed by atoms with van der Waals surface area (Å²) in [5, 5.41) is 4.32. The van der Waals surface area contributed by atoms with Crippen molar-refractivity contribution in [3.05, 3.63) is 91.6 Å². The molecule has 0 unspecified atom stereocenters. The molecule has 0 atom stereocenters. The van der Waals surface area contributed by atoms with E-state index in [-0.39, 0.29) is 17.7 Å². The van der Waals surface area contributed by atoms with Crippen molar-refractivity contribution in [3.63, 3.8) is 0 Å². The number of benzene rings is 2. The van der Waals surface area contributed by atoms with Crippen molar-refractivity contribution < 1.29 is 9.21 Å². The Morgan fingerprint density at radius 2 is 1.83 bits per heavy atom. The van der Waals surface area contributed by atoms with Crippen molar-refractivity contribution in [1.29, 1.82) is 0 Å². The third kappa shape index (κ3) is 3.57. The van der Waals surface area contributed by atoms with Gasteiger partial charge in [0.25, 0.3) is 11.5 Å². The van der Waals surface area contributed by atoms with Gasteiger partial charge in [-0.1, -0.05) is 30.3 Å². The third-order valence-electron chi connectivity index (χ3n) is 5.19. The zero-order valence-electron chi connectivity index (χ0n) is 16.2. The highest BCUT2D eigenvalue weighted by atomic mass is 16.4. The number of aryl methyl sites for hydroxylation is 2. The number of fused-ring (bicyclic) bond motifs is 2. The zero-order chi connectivity index (χ0) is 20.5. The van der Waals surface area contributed by atoms with Gasteiger partial charge in [0.1, 0.15) is 11.1 Å². The maximum absolute atomic E-state index is 12.4. The van der Waals surface area contributed by atoms with E-state index in [4.69, 9.17) is 4.42 Å². The smallest absolute Gasteiger partial charge is 0.349 e. The molecule has 29 heavy (non-hydrogen) atoms. The quantitative estimate of drug-likeness (QED) is 0.525. The number of aromatic nitrogens is 1. The second-order valence-electron chi connectivity index (χ2n) is 7.09. The molecule has 1 amide bonds. The standard InChI is InChI=1S/C23H20N2O4/c1-13-7-8-16-11-17(21(26)25-20(16)14(13)2)9-10-24-22(27)18-12-15-5-3-4-6-19(15)29-23(18)28/h3-8,11-12H,9-10H2,1-2H3,(H,24,27)(H,25,26). The van der Waals surface area contributed by atoms with E-state index in [0.717, 1.165) is 22.0 Å². The van der Waals surface area contributed by atoms with Gasteiger partial charge in [0.2, 0.25) is 0 Å². The number of aromatic amines is 1. The highest BCUT2D eigenvalue weighted by molar-refractivity contribution is 5.96. The normalized spacial score (nSPS) is 11.1. The number of rotatable bonds is 4. The number of pyridine rings is 1. The molecule has 2 aromatic carbocycles. The van der Waals surface area contributed by atoms with Gasteiger partial charge in [-0.25, -0.2) is 4.79 Å². The number of H-pyrrole nitrogens is 1. The molecule has 6 nitrogen and oxygen atoms in total. The van der Waals surface area contributed by atoms with Crippen LogP contribution in [0.2, 0.25) is 0 Å². The summed E-state index contributed by atoms with van der Waals surface area (Å²) in [7, 11) is 0. The summed E-state index contributed by atoms with van der Waals surface area (Å²) in [5.74, 6) is -0.520. The van der Waals surface area contributed by atoms with E-state index in [9.17, 15) is 14.4 Å². The molecule has 4 rings (SSSR count). The Morgan fingerprint density at radius 3 is 2.66 bits per heavy atom. The fourth-order valence-electron chi connectivity index (χ4n) is 3.38. The summed E-state index contributed by atoms with van der Waals surface area (Å²) >= 11 is 0. The van der Waals surface area contributed by atoms with E-state index >= 15 is 0 Å². The van der Waals surface area contributed by atoms with Crippen LogP contribution in [-0.4, -0.2) is 17.4 Å². The largest absolute Gasteiger partial charge is 0.422 e. The average molecular weight is 388 g/mol. The Bertz CT molecular complexity index is 1370. The first-order chi connectivity index (χ1) is 13.9. The number of nitrogens with one attached hydrogen (secondary N) is 2. The molecule has 146 valence electrons. The van der Waals surface area contributed by atoms with Crippen LogP contribution in [0.4, 0.5) is 0 Å². The van der Waals surface area contributed by atoms with E-state index in [1.165, 1.54) is 6.07 Å². The maximum atomic E-state index is 12.4. The summed E-state index contributed by atoms with van der Waals surface area (Å²) in [4.78, 5) is 39.8. The lowest BCUT2D eigenvalue weighted by Crippen LogP contribution is -2.30. The average Bonchev–Trinajstić information content (AvgIpc) is 2.71. The molecular formula is C23H20N2O4. The van der Waals surface area contributed by atoms with Gasteiger partial charge in [-0.15, -0.1) is 0 Å². The minimum Gasteiger partial charge on any atom is -0.422 e. The van der Waals surface area contributed by atoms with Crippen LogP contribution in [0.3, 0.4) is 0 Å². The lowest BCUT2D eigenvalue weighted by Gasteiger charge is -2.09. The number of carbonyl (C=O) groups excluding carboxylic acids is 1. The SMILES string of the molecule is Cc1ccc2cc(CCNC(=O)c3cc4ccccc4oc3=O)c(=O)[nH]c2c1C. The van der Waals surface area contributed by atoms with Gasteiger partial charge in [0, 0.05) is 17.5 Å². The number of hydrogen-bond acceptors (Lipinski definition) is 4. The second-order valence-corrected chi connectivity index (χ2v) is 7.09. The van der Waals surface area contributed by atoms with Crippen LogP contribution in [0.1, 0.15) is 27.0 Å². The molecule has 0 aliphatic rings. The molecule has 0 aliphatic carbocycles. The fourth-order valence-corrected chi connectivity index (χ4v) is 3.38. The van der Waals surface area contributed by atoms with Crippen LogP contribution in [-0.2, 0) is 6.42 Å². The van der Waals surface area contributed by atoms with Crippen molar-refractivity contribution in [2.75, 3.05) is 6.54 Å². The molecule has 0 aliphatic heterocycles. The number of hydrogen-bond donors (Lipinski definition) is 2. The molecule has 0 fully saturated rings. The predicted octanol–water partition coefficient (Wildman–Crippen LogP) is 3.22. The van der Waals surface area contributed by atoms with Gasteiger partial charge in [0.05, 0.1) is 5.52 Å². The minimum absolute atomic E-state index is 0.0535. The third-order valence-corrected chi connectivity index (χ3v) is 5.19. The van der Waals surface area contributed by atoms with E-state index in [0.29, 0.717) is 23.0 Å². The monoisotopic (exact) mass is 388 g/mol. The summed E-state index contributed by atoms with van der Waals surface area (Å²) in [6, 6.07) is 14.4. The topological polar surface area (TPSA) is 92.2 Å². The van der Waals surface area contributed by atoms with Gasteiger partial charge < -0.3 is 14.7 Å². The summed E-state index contributed by atoms with van der Waals surface area (Å²) in [6.07, 6.45) is 0.350. The van der Waals surface area contributed by atoms with Gasteiger partial charge >= 0.3 is 5.63 Å². The molecule has 0 radical (unpaired) electrons. The van der Waals surface area contributed by atoms with E-state index in [1.54, 1.807) is 24.3 Å². The van der Waals surface area contributed by atoms with E-state index < -0.39 is 11.5 Å². The summed E-state index contributed by atoms with van der Waals surface area (Å²) in [6.45, 7) is 4.20. The second kappa shape index (κ2) is 7.39. The first kappa shape index (κ1) is 18.7. The Balaban J connectivity index is 1.52. The Labute approximate surface area is 166 Å². The van der Waals surface area contributed by atoms with Crippen molar-refractivity contribution in [1.82, 2.24) is 10.3 Å².